The van der Waals surface area contributed by atoms with Gasteiger partial charge in [0.25, 0.3) is 0 Å². The van der Waals surface area contributed by atoms with E-state index in [2.05, 4.69) is 0 Å². The zero-order valence-corrected chi connectivity index (χ0v) is 19.2. The molecule has 4 nitrogen and oxygen atoms in total. The third kappa shape index (κ3) is 5.48. The molecule has 0 aromatic heterocycles. The van der Waals surface area contributed by atoms with Crippen molar-refractivity contribution in [3.63, 3.8) is 0 Å². The van der Waals surface area contributed by atoms with Gasteiger partial charge in [-0.1, -0.05) is 12.1 Å². The first-order chi connectivity index (χ1) is 15.6. The number of rotatable bonds is 7. The summed E-state index contributed by atoms with van der Waals surface area (Å²) >= 11 is 0. The smallest absolute Gasteiger partial charge is 0.344 e. The van der Waals surface area contributed by atoms with E-state index < -0.39 is 23.4 Å². The number of aryl methyl sites for hydroxylation is 1. The Balaban J connectivity index is 2.00. The summed E-state index contributed by atoms with van der Waals surface area (Å²) in [5.74, 6) is -1.95. The van der Waals surface area contributed by atoms with E-state index in [0.29, 0.717) is 11.1 Å². The Hall–Kier alpha value is -3.48. The van der Waals surface area contributed by atoms with Crippen molar-refractivity contribution in [2.45, 2.75) is 33.8 Å². The highest BCUT2D eigenvalue weighted by atomic mass is 19.1. The minimum atomic E-state index is -0.612. The fraction of sp³-hybridized carbons (Fsp3) is 0.269. The van der Waals surface area contributed by atoms with Crippen molar-refractivity contribution in [1.29, 1.82) is 0 Å². The Morgan fingerprint density at radius 1 is 1.03 bits per heavy atom. The second-order valence-electron chi connectivity index (χ2n) is 8.06. The van der Waals surface area contributed by atoms with E-state index >= 15 is 4.39 Å². The number of halogens is 3. The van der Waals surface area contributed by atoms with Gasteiger partial charge in [0, 0.05) is 18.2 Å². The summed E-state index contributed by atoms with van der Waals surface area (Å²) in [7, 11) is 1.54. The molecule has 0 atom stereocenters. The summed E-state index contributed by atoms with van der Waals surface area (Å²) < 4.78 is 54.8. The number of anilines is 2. The predicted molar refractivity (Wildman–Crippen MR) is 122 cm³/mol. The van der Waals surface area contributed by atoms with E-state index in [9.17, 15) is 13.6 Å². The van der Waals surface area contributed by atoms with Crippen molar-refractivity contribution in [1.82, 2.24) is 0 Å². The number of ether oxygens (including phenoxy) is 2. The van der Waals surface area contributed by atoms with Crippen molar-refractivity contribution >= 4 is 17.3 Å². The van der Waals surface area contributed by atoms with Gasteiger partial charge in [-0.2, -0.15) is 0 Å². The van der Waals surface area contributed by atoms with E-state index in [1.54, 1.807) is 45.9 Å². The highest BCUT2D eigenvalue weighted by Crippen LogP contribution is 2.39. The number of carbonyl (C=O) groups excluding carboxylic acids is 1. The molecule has 0 spiro atoms. The monoisotopic (exact) mass is 457 g/mol. The van der Waals surface area contributed by atoms with Gasteiger partial charge in [-0.25, -0.2) is 18.0 Å². The lowest BCUT2D eigenvalue weighted by atomic mass is 10.0. The molecule has 3 rings (SSSR count). The van der Waals surface area contributed by atoms with Gasteiger partial charge in [-0.15, -0.1) is 0 Å². The van der Waals surface area contributed by atoms with Crippen LogP contribution in [0.1, 0.15) is 25.0 Å². The molecule has 0 fully saturated rings. The quantitative estimate of drug-likeness (QED) is 0.381. The summed E-state index contributed by atoms with van der Waals surface area (Å²) in [6, 6.07) is 11.5. The first-order valence-corrected chi connectivity index (χ1v) is 10.5. The van der Waals surface area contributed by atoms with Crippen LogP contribution in [0.4, 0.5) is 24.5 Å². The third-order valence-electron chi connectivity index (χ3n) is 5.07. The molecule has 0 N–H and O–H groups in total. The highest BCUT2D eigenvalue weighted by molar-refractivity contribution is 5.76. The average Bonchev–Trinajstić information content (AvgIpc) is 2.74. The van der Waals surface area contributed by atoms with E-state index in [-0.39, 0.29) is 35.4 Å². The highest BCUT2D eigenvalue weighted by Gasteiger charge is 2.22. The Morgan fingerprint density at radius 3 is 2.42 bits per heavy atom. The first kappa shape index (κ1) is 24.2. The van der Waals surface area contributed by atoms with Crippen molar-refractivity contribution in [3.05, 3.63) is 77.1 Å². The van der Waals surface area contributed by atoms with E-state index in [4.69, 9.17) is 9.47 Å². The van der Waals surface area contributed by atoms with E-state index in [0.717, 1.165) is 5.56 Å². The molecule has 0 heterocycles. The zero-order valence-electron chi connectivity index (χ0n) is 19.2. The van der Waals surface area contributed by atoms with Crippen LogP contribution in [-0.4, -0.2) is 25.7 Å². The van der Waals surface area contributed by atoms with Crippen LogP contribution in [-0.2, 0) is 9.53 Å². The molecular formula is C26H26F3NO3. The molecule has 7 heteroatoms. The molecule has 0 aliphatic heterocycles. The fourth-order valence-corrected chi connectivity index (χ4v) is 3.63. The lowest BCUT2D eigenvalue weighted by Crippen LogP contribution is -2.20. The van der Waals surface area contributed by atoms with Crippen molar-refractivity contribution in [3.8, 4) is 16.9 Å². The van der Waals surface area contributed by atoms with Crippen molar-refractivity contribution in [2.75, 3.05) is 18.6 Å². The Morgan fingerprint density at radius 2 is 1.76 bits per heavy atom. The fourth-order valence-electron chi connectivity index (χ4n) is 3.63. The standard InChI is InChI=1S/C26H26F3NO3/c1-15(2)33-24(31)14-32-23-10-9-21(28)26(17(23)4)30(5)22-12-16(3)11-20(25(22)29)18-7-6-8-19(27)13-18/h6-13,15H,14H2,1-5H3. The van der Waals surface area contributed by atoms with Crippen LogP contribution < -0.4 is 9.64 Å². The minimum absolute atomic E-state index is 0.0967. The normalized spacial score (nSPS) is 10.9. The molecule has 174 valence electrons. The summed E-state index contributed by atoms with van der Waals surface area (Å²) in [5.41, 5.74) is 1.91. The third-order valence-corrected chi connectivity index (χ3v) is 5.07. The largest absolute Gasteiger partial charge is 0.482 e. The Kier molecular flexibility index (Phi) is 7.31. The van der Waals surface area contributed by atoms with Crippen molar-refractivity contribution < 1.29 is 27.4 Å². The molecule has 0 aliphatic carbocycles. The van der Waals surface area contributed by atoms with Crippen molar-refractivity contribution in [2.24, 2.45) is 0 Å². The SMILES string of the molecule is Cc1cc(-c2cccc(F)c2)c(F)c(N(C)c2c(F)ccc(OCC(=O)OC(C)C)c2C)c1. The maximum Gasteiger partial charge on any atom is 0.344 e. The van der Waals surface area contributed by atoms with Gasteiger partial charge in [-0.3, -0.25) is 0 Å². The van der Waals surface area contributed by atoms with Gasteiger partial charge >= 0.3 is 5.97 Å². The van der Waals surface area contributed by atoms with E-state index in [1.165, 1.54) is 42.3 Å². The van der Waals surface area contributed by atoms with Crippen LogP contribution in [0.5, 0.6) is 5.75 Å². The number of hydrogen-bond acceptors (Lipinski definition) is 4. The lowest BCUT2D eigenvalue weighted by Gasteiger charge is -2.25. The van der Waals surface area contributed by atoms with E-state index in [1.807, 2.05) is 0 Å². The zero-order chi connectivity index (χ0) is 24.3. The maximum atomic E-state index is 15.6. The van der Waals surface area contributed by atoms with Gasteiger partial charge in [-0.05, 0) is 75.2 Å². The molecular weight excluding hydrogens is 431 g/mol. The molecule has 0 unspecified atom stereocenters. The van der Waals surface area contributed by atoms with Crippen LogP contribution in [0.25, 0.3) is 11.1 Å². The van der Waals surface area contributed by atoms with Crippen LogP contribution in [0.3, 0.4) is 0 Å². The number of esters is 1. The number of benzene rings is 3. The number of nitrogens with zero attached hydrogens (tertiary/aromatic N) is 1. The summed E-state index contributed by atoms with van der Waals surface area (Å²) in [4.78, 5) is 13.2. The first-order valence-electron chi connectivity index (χ1n) is 10.5. The van der Waals surface area contributed by atoms with Gasteiger partial charge < -0.3 is 14.4 Å². The summed E-state index contributed by atoms with van der Waals surface area (Å²) in [6.07, 6.45) is -0.284. The van der Waals surface area contributed by atoms with Crippen LogP contribution in [0.15, 0.2) is 48.5 Å². The molecule has 0 amide bonds. The molecule has 0 saturated heterocycles. The maximum absolute atomic E-state index is 15.6. The van der Waals surface area contributed by atoms with Gasteiger partial charge in [0.15, 0.2) is 12.4 Å². The summed E-state index contributed by atoms with van der Waals surface area (Å²) in [6.45, 7) is 6.52. The molecule has 0 bridgehead atoms. The minimum Gasteiger partial charge on any atom is -0.482 e. The van der Waals surface area contributed by atoms with Gasteiger partial charge in [0.2, 0.25) is 0 Å². The Bertz CT molecular complexity index is 1180. The molecule has 3 aromatic carbocycles. The van der Waals surface area contributed by atoms with Crippen LogP contribution >= 0.6 is 0 Å². The molecule has 0 radical (unpaired) electrons. The molecule has 3 aromatic rings. The second-order valence-corrected chi connectivity index (χ2v) is 8.06. The van der Waals surface area contributed by atoms with Crippen LogP contribution in [0.2, 0.25) is 0 Å². The molecule has 0 saturated carbocycles. The van der Waals surface area contributed by atoms with Gasteiger partial charge in [0.1, 0.15) is 17.4 Å². The van der Waals surface area contributed by atoms with Gasteiger partial charge in [0.05, 0.1) is 17.5 Å². The Labute approximate surface area is 191 Å². The number of hydrogen-bond donors (Lipinski definition) is 0. The second kappa shape index (κ2) is 9.98. The predicted octanol–water partition coefficient (Wildman–Crippen LogP) is 6.49. The summed E-state index contributed by atoms with van der Waals surface area (Å²) in [5, 5.41) is 0. The number of carbonyl (C=O) groups is 1. The molecule has 0 aliphatic rings. The average molecular weight is 457 g/mol. The lowest BCUT2D eigenvalue weighted by molar-refractivity contribution is -0.149. The topological polar surface area (TPSA) is 38.8 Å². The van der Waals surface area contributed by atoms with Crippen LogP contribution in [0, 0.1) is 31.3 Å². The molecule has 33 heavy (non-hydrogen) atoms.